The predicted molar refractivity (Wildman–Crippen MR) is 57.8 cm³/mol. The summed E-state index contributed by atoms with van der Waals surface area (Å²) in [5.74, 6) is 0. The molecule has 0 amide bonds. The van der Waals surface area contributed by atoms with Gasteiger partial charge in [-0.1, -0.05) is 0 Å². The number of rotatable bonds is 6. The van der Waals surface area contributed by atoms with Crippen molar-refractivity contribution in [2.75, 3.05) is 19.3 Å². The third-order valence-corrected chi connectivity index (χ3v) is 2.62. The smallest absolute Gasteiger partial charge is 0.208 e. The molecule has 6 nitrogen and oxygen atoms in total. The van der Waals surface area contributed by atoms with Crippen LogP contribution in [0.1, 0.15) is 5.69 Å². The summed E-state index contributed by atoms with van der Waals surface area (Å²) in [6.07, 6.45) is 4.65. The van der Waals surface area contributed by atoms with E-state index in [1.165, 1.54) is 0 Å². The van der Waals surface area contributed by atoms with E-state index in [-0.39, 0.29) is 0 Å². The minimum atomic E-state index is -3.07. The Morgan fingerprint density at radius 1 is 1.47 bits per heavy atom. The topological polar surface area (TPSA) is 76.0 Å². The van der Waals surface area contributed by atoms with Crippen LogP contribution in [0.5, 0.6) is 0 Å². The van der Waals surface area contributed by atoms with E-state index in [4.69, 9.17) is 0 Å². The molecule has 2 N–H and O–H groups in total. The molecule has 15 heavy (non-hydrogen) atoms. The first-order chi connectivity index (χ1) is 6.99. The molecule has 1 aromatic rings. The number of imidazole rings is 1. The van der Waals surface area contributed by atoms with Gasteiger partial charge in [0, 0.05) is 32.9 Å². The summed E-state index contributed by atoms with van der Waals surface area (Å²) in [5.41, 5.74) is 1.06. The van der Waals surface area contributed by atoms with Crippen molar-refractivity contribution in [2.45, 2.75) is 6.54 Å². The Bertz CT molecular complexity index is 399. The van der Waals surface area contributed by atoms with Gasteiger partial charge in [0.2, 0.25) is 10.0 Å². The standard InChI is InChI=1S/C8H16N4O2S/c1-12-7-10-6-8(12)5-9-3-4-11-15(2,13)14/h6-7,9,11H,3-5H2,1-2H3. The van der Waals surface area contributed by atoms with Crippen LogP contribution in [0.2, 0.25) is 0 Å². The van der Waals surface area contributed by atoms with Crippen LogP contribution in [0.4, 0.5) is 0 Å². The SMILES string of the molecule is Cn1cncc1CNCCNS(C)(=O)=O. The fourth-order valence-electron chi connectivity index (χ4n) is 1.10. The maximum Gasteiger partial charge on any atom is 0.208 e. The Kier molecular flexibility index (Phi) is 4.25. The van der Waals surface area contributed by atoms with Gasteiger partial charge in [-0.2, -0.15) is 0 Å². The van der Waals surface area contributed by atoms with E-state index in [9.17, 15) is 8.42 Å². The average molecular weight is 232 g/mol. The molecule has 0 aliphatic rings. The van der Waals surface area contributed by atoms with Crippen molar-refractivity contribution in [2.24, 2.45) is 7.05 Å². The average Bonchev–Trinajstić information content (AvgIpc) is 2.49. The number of hydrogen-bond acceptors (Lipinski definition) is 4. The molecule has 7 heteroatoms. The van der Waals surface area contributed by atoms with Crippen molar-refractivity contribution >= 4 is 10.0 Å². The van der Waals surface area contributed by atoms with Gasteiger partial charge in [0.25, 0.3) is 0 Å². The normalized spacial score (nSPS) is 11.9. The second-order valence-electron chi connectivity index (χ2n) is 3.34. The van der Waals surface area contributed by atoms with Crippen LogP contribution < -0.4 is 10.0 Å². The van der Waals surface area contributed by atoms with Gasteiger partial charge in [0.1, 0.15) is 0 Å². The van der Waals surface area contributed by atoms with E-state index >= 15 is 0 Å². The lowest BCUT2D eigenvalue weighted by molar-refractivity contribution is 0.580. The molecule has 0 radical (unpaired) electrons. The second kappa shape index (κ2) is 5.24. The predicted octanol–water partition coefficient (Wildman–Crippen LogP) is -0.941. The third kappa shape index (κ3) is 4.91. The summed E-state index contributed by atoms with van der Waals surface area (Å²) in [6.45, 7) is 1.68. The van der Waals surface area contributed by atoms with Gasteiger partial charge in [0.15, 0.2) is 0 Å². The highest BCUT2D eigenvalue weighted by atomic mass is 32.2. The van der Waals surface area contributed by atoms with Gasteiger partial charge >= 0.3 is 0 Å². The maximum atomic E-state index is 10.7. The molecule has 0 aromatic carbocycles. The van der Waals surface area contributed by atoms with Gasteiger partial charge in [-0.3, -0.25) is 0 Å². The van der Waals surface area contributed by atoms with Crippen LogP contribution in [0.3, 0.4) is 0 Å². The molecule has 0 unspecified atom stereocenters. The minimum absolute atomic E-state index is 0.399. The van der Waals surface area contributed by atoms with Gasteiger partial charge < -0.3 is 9.88 Å². The zero-order valence-corrected chi connectivity index (χ0v) is 9.71. The van der Waals surface area contributed by atoms with Gasteiger partial charge in [0.05, 0.1) is 18.3 Å². The van der Waals surface area contributed by atoms with E-state index in [1.54, 1.807) is 12.5 Å². The molecule has 0 aliphatic carbocycles. The Morgan fingerprint density at radius 2 is 2.20 bits per heavy atom. The molecule has 1 aromatic heterocycles. The highest BCUT2D eigenvalue weighted by Crippen LogP contribution is 1.93. The molecule has 0 aliphatic heterocycles. The van der Waals surface area contributed by atoms with Crippen molar-refractivity contribution in [3.05, 3.63) is 18.2 Å². The summed E-state index contributed by atoms with van der Waals surface area (Å²) in [5, 5.41) is 3.11. The van der Waals surface area contributed by atoms with E-state index in [2.05, 4.69) is 15.0 Å². The number of hydrogen-bond donors (Lipinski definition) is 2. The number of nitrogens with zero attached hydrogens (tertiary/aromatic N) is 2. The molecule has 86 valence electrons. The summed E-state index contributed by atoms with van der Waals surface area (Å²) in [4.78, 5) is 3.97. The van der Waals surface area contributed by atoms with Crippen LogP contribution in [0.15, 0.2) is 12.5 Å². The van der Waals surface area contributed by atoms with Crippen LogP contribution in [-0.4, -0.2) is 37.3 Å². The van der Waals surface area contributed by atoms with Crippen molar-refractivity contribution in [3.63, 3.8) is 0 Å². The maximum absolute atomic E-state index is 10.7. The van der Waals surface area contributed by atoms with Crippen LogP contribution >= 0.6 is 0 Å². The highest BCUT2D eigenvalue weighted by Gasteiger charge is 1.99. The Labute approximate surface area is 89.8 Å². The van der Waals surface area contributed by atoms with Gasteiger partial charge in [-0.05, 0) is 0 Å². The molecule has 0 saturated heterocycles. The number of aryl methyl sites for hydroxylation is 1. The largest absolute Gasteiger partial charge is 0.337 e. The first-order valence-electron chi connectivity index (χ1n) is 4.59. The molecule has 0 spiro atoms. The fraction of sp³-hybridized carbons (Fsp3) is 0.625. The zero-order valence-electron chi connectivity index (χ0n) is 8.90. The minimum Gasteiger partial charge on any atom is -0.337 e. The molecule has 0 atom stereocenters. The van der Waals surface area contributed by atoms with E-state index < -0.39 is 10.0 Å². The summed E-state index contributed by atoms with van der Waals surface area (Å²) in [7, 11) is -1.16. The van der Waals surface area contributed by atoms with E-state index in [0.717, 1.165) is 11.9 Å². The van der Waals surface area contributed by atoms with Crippen LogP contribution in [0, 0.1) is 0 Å². The van der Waals surface area contributed by atoms with E-state index in [0.29, 0.717) is 19.6 Å². The molecule has 0 saturated carbocycles. The number of aromatic nitrogens is 2. The molecule has 0 fully saturated rings. The van der Waals surface area contributed by atoms with Crippen molar-refractivity contribution in [1.82, 2.24) is 19.6 Å². The summed E-state index contributed by atoms with van der Waals surface area (Å²) in [6, 6.07) is 0. The molecular formula is C8H16N4O2S. The highest BCUT2D eigenvalue weighted by molar-refractivity contribution is 7.88. The fourth-order valence-corrected chi connectivity index (χ4v) is 1.57. The van der Waals surface area contributed by atoms with E-state index in [1.807, 2.05) is 11.6 Å². The van der Waals surface area contributed by atoms with Crippen molar-refractivity contribution < 1.29 is 8.42 Å². The number of sulfonamides is 1. The van der Waals surface area contributed by atoms with Crippen molar-refractivity contribution in [1.29, 1.82) is 0 Å². The zero-order chi connectivity index (χ0) is 11.3. The Morgan fingerprint density at radius 3 is 2.73 bits per heavy atom. The molecule has 0 bridgehead atoms. The lowest BCUT2D eigenvalue weighted by Crippen LogP contribution is -2.31. The lowest BCUT2D eigenvalue weighted by Gasteiger charge is -2.05. The number of nitrogens with one attached hydrogen (secondary N) is 2. The van der Waals surface area contributed by atoms with Crippen molar-refractivity contribution in [3.8, 4) is 0 Å². The Hall–Kier alpha value is -0.920. The summed E-state index contributed by atoms with van der Waals surface area (Å²) < 4.78 is 25.8. The first kappa shape index (κ1) is 12.2. The first-order valence-corrected chi connectivity index (χ1v) is 6.49. The monoisotopic (exact) mass is 232 g/mol. The van der Waals surface area contributed by atoms with Crippen LogP contribution in [-0.2, 0) is 23.6 Å². The quantitative estimate of drug-likeness (QED) is 0.621. The molecule has 1 heterocycles. The van der Waals surface area contributed by atoms with Gasteiger partial charge in [-0.15, -0.1) is 0 Å². The van der Waals surface area contributed by atoms with Crippen LogP contribution in [0.25, 0.3) is 0 Å². The lowest BCUT2D eigenvalue weighted by atomic mass is 10.4. The Balaban J connectivity index is 2.15. The van der Waals surface area contributed by atoms with Gasteiger partial charge in [-0.25, -0.2) is 18.1 Å². The molecule has 1 rings (SSSR count). The molecular weight excluding hydrogens is 216 g/mol. The third-order valence-electron chi connectivity index (χ3n) is 1.89. The summed E-state index contributed by atoms with van der Waals surface area (Å²) >= 11 is 0. The second-order valence-corrected chi connectivity index (χ2v) is 5.17.